The zero-order chi connectivity index (χ0) is 16.2. The number of fused-ring (bicyclic) bond motifs is 5. The van der Waals surface area contributed by atoms with Crippen molar-refractivity contribution in [3.63, 3.8) is 0 Å². The number of aromatic nitrogens is 1. The molecule has 124 valence electrons. The van der Waals surface area contributed by atoms with Gasteiger partial charge in [0.1, 0.15) is 12.3 Å². The van der Waals surface area contributed by atoms with Gasteiger partial charge in [0.15, 0.2) is 6.10 Å². The van der Waals surface area contributed by atoms with E-state index in [0.717, 1.165) is 19.3 Å². The molecule has 0 saturated carbocycles. The Kier molecular flexibility index (Phi) is 2.26. The van der Waals surface area contributed by atoms with E-state index < -0.39 is 6.10 Å². The van der Waals surface area contributed by atoms with Crippen molar-refractivity contribution in [1.82, 2.24) is 9.47 Å². The minimum Gasteiger partial charge on any atom is -0.380 e. The molecule has 5 nitrogen and oxygen atoms in total. The highest BCUT2D eigenvalue weighted by molar-refractivity contribution is 5.89. The molecule has 4 aliphatic rings. The second kappa shape index (κ2) is 4.03. The van der Waals surface area contributed by atoms with Crippen molar-refractivity contribution in [1.29, 1.82) is 0 Å². The minimum absolute atomic E-state index is 0.0401. The fourth-order valence-corrected chi connectivity index (χ4v) is 5.99. The molecule has 2 fully saturated rings. The second-order valence-electron chi connectivity index (χ2n) is 7.68. The van der Waals surface area contributed by atoms with Crippen LogP contribution in [0.25, 0.3) is 10.9 Å². The standard InChI is InChI=1S/C19H20N2O3/c1-2-19-9-13-21-12-6-4-3-5-10(12)11-7-8-20(16(19)14(11)21)18(23)15(22)17(19)24-13/h3-6,13,15-17,22H,2,7-9H2,1H3/t13-,15-,16-,17-,19+/m1/s1. The number of para-hydroxylation sites is 1. The van der Waals surface area contributed by atoms with Gasteiger partial charge in [-0.05, 0) is 24.5 Å². The van der Waals surface area contributed by atoms with Crippen LogP contribution in [0.15, 0.2) is 24.3 Å². The molecule has 1 aromatic heterocycles. The number of carbonyl (C=O) groups excluding carboxylic acids is 1. The van der Waals surface area contributed by atoms with Crippen molar-refractivity contribution < 1.29 is 14.6 Å². The van der Waals surface area contributed by atoms with Crippen LogP contribution in [0.1, 0.15) is 43.3 Å². The zero-order valence-electron chi connectivity index (χ0n) is 13.6. The van der Waals surface area contributed by atoms with Gasteiger partial charge in [-0.3, -0.25) is 4.79 Å². The maximum absolute atomic E-state index is 12.8. The number of piperidine rings is 1. The molecule has 5 heteroatoms. The Labute approximate surface area is 139 Å². The van der Waals surface area contributed by atoms with Crippen LogP contribution in [0.2, 0.25) is 0 Å². The number of hydrogen-bond donors (Lipinski definition) is 1. The Bertz CT molecular complexity index is 903. The normalized spacial score (nSPS) is 38.9. The van der Waals surface area contributed by atoms with Gasteiger partial charge in [0.25, 0.3) is 5.91 Å². The smallest absolute Gasteiger partial charge is 0.254 e. The Morgan fingerprint density at radius 1 is 1.38 bits per heavy atom. The van der Waals surface area contributed by atoms with Crippen LogP contribution in [-0.4, -0.2) is 39.2 Å². The Morgan fingerprint density at radius 3 is 3.04 bits per heavy atom. The van der Waals surface area contributed by atoms with E-state index in [-0.39, 0.29) is 29.7 Å². The van der Waals surface area contributed by atoms with Crippen molar-refractivity contribution in [2.45, 2.75) is 50.7 Å². The third kappa shape index (κ3) is 1.21. The van der Waals surface area contributed by atoms with Crippen molar-refractivity contribution in [2.75, 3.05) is 6.54 Å². The highest BCUT2D eigenvalue weighted by Gasteiger charge is 2.67. The minimum atomic E-state index is -1.02. The van der Waals surface area contributed by atoms with Gasteiger partial charge < -0.3 is 19.3 Å². The molecule has 1 aromatic carbocycles. The number of benzene rings is 1. The average molecular weight is 324 g/mol. The largest absolute Gasteiger partial charge is 0.380 e. The van der Waals surface area contributed by atoms with Crippen molar-refractivity contribution >= 4 is 16.8 Å². The van der Waals surface area contributed by atoms with Gasteiger partial charge in [-0.2, -0.15) is 0 Å². The zero-order valence-corrected chi connectivity index (χ0v) is 13.6. The van der Waals surface area contributed by atoms with Crippen LogP contribution >= 0.6 is 0 Å². The molecule has 6 rings (SSSR count). The number of carbonyl (C=O) groups is 1. The lowest BCUT2D eigenvalue weighted by atomic mass is 9.63. The second-order valence-corrected chi connectivity index (χ2v) is 7.68. The number of rotatable bonds is 1. The van der Waals surface area contributed by atoms with Gasteiger partial charge in [-0.1, -0.05) is 25.1 Å². The van der Waals surface area contributed by atoms with Crippen molar-refractivity contribution in [3.8, 4) is 0 Å². The summed E-state index contributed by atoms with van der Waals surface area (Å²) >= 11 is 0. The highest BCUT2D eigenvalue weighted by Crippen LogP contribution is 2.65. The van der Waals surface area contributed by atoms with E-state index >= 15 is 0 Å². The topological polar surface area (TPSA) is 54.7 Å². The fourth-order valence-electron chi connectivity index (χ4n) is 5.99. The Balaban J connectivity index is 1.74. The molecule has 0 unspecified atom stereocenters. The number of amides is 1. The molecule has 2 aromatic rings. The van der Waals surface area contributed by atoms with Gasteiger partial charge >= 0.3 is 0 Å². The van der Waals surface area contributed by atoms with E-state index in [1.165, 1.54) is 22.2 Å². The summed E-state index contributed by atoms with van der Waals surface area (Å²) in [6, 6.07) is 8.54. The van der Waals surface area contributed by atoms with E-state index in [1.807, 2.05) is 4.90 Å². The van der Waals surface area contributed by atoms with Gasteiger partial charge in [-0.15, -0.1) is 0 Å². The SMILES string of the molecule is CC[C@@]12C[C@H]3O[C@@H]1[C@@H](O)C(=O)N1CCc4c(n3c3ccccc43)[C@@H]12. The summed E-state index contributed by atoms with van der Waals surface area (Å²) in [5.74, 6) is -0.154. The predicted octanol–water partition coefficient (Wildman–Crippen LogP) is 2.14. The summed E-state index contributed by atoms with van der Waals surface area (Å²) < 4.78 is 8.64. The lowest BCUT2D eigenvalue weighted by molar-refractivity contribution is -0.177. The van der Waals surface area contributed by atoms with Crippen molar-refractivity contribution in [2.24, 2.45) is 5.41 Å². The average Bonchev–Trinajstić information content (AvgIpc) is 3.13. The molecule has 0 radical (unpaired) electrons. The number of nitrogens with zero attached hydrogens (tertiary/aromatic N) is 2. The highest BCUT2D eigenvalue weighted by atomic mass is 16.5. The number of ether oxygens (including phenoxy) is 1. The van der Waals surface area contributed by atoms with Gasteiger partial charge in [0.2, 0.25) is 0 Å². The summed E-state index contributed by atoms with van der Waals surface area (Å²) in [4.78, 5) is 14.7. The molecule has 0 aliphatic carbocycles. The summed E-state index contributed by atoms with van der Waals surface area (Å²) in [5.41, 5.74) is 3.69. The molecule has 24 heavy (non-hydrogen) atoms. The molecule has 2 bridgehead atoms. The Hall–Kier alpha value is -1.85. The Morgan fingerprint density at radius 2 is 2.21 bits per heavy atom. The van der Waals surface area contributed by atoms with Crippen molar-refractivity contribution in [3.05, 3.63) is 35.5 Å². The van der Waals surface area contributed by atoms with Crippen LogP contribution in [-0.2, 0) is 16.0 Å². The summed E-state index contributed by atoms with van der Waals surface area (Å²) in [5, 5.41) is 11.9. The maximum Gasteiger partial charge on any atom is 0.254 e. The summed E-state index contributed by atoms with van der Waals surface area (Å²) in [7, 11) is 0. The molecule has 5 heterocycles. The molecular weight excluding hydrogens is 304 g/mol. The maximum atomic E-state index is 12.8. The fraction of sp³-hybridized carbons (Fsp3) is 0.526. The lowest BCUT2D eigenvalue weighted by Gasteiger charge is -2.54. The van der Waals surface area contributed by atoms with Gasteiger partial charge in [0.05, 0.1) is 11.6 Å². The first kappa shape index (κ1) is 13.4. The molecule has 1 amide bonds. The quantitative estimate of drug-likeness (QED) is 0.874. The van der Waals surface area contributed by atoms with Crippen LogP contribution in [0.5, 0.6) is 0 Å². The monoisotopic (exact) mass is 324 g/mol. The first-order valence-corrected chi connectivity index (χ1v) is 8.93. The van der Waals surface area contributed by atoms with E-state index in [2.05, 4.69) is 35.8 Å². The first-order chi connectivity index (χ1) is 11.7. The number of hydrogen-bond acceptors (Lipinski definition) is 3. The predicted molar refractivity (Wildman–Crippen MR) is 87.4 cm³/mol. The summed E-state index contributed by atoms with van der Waals surface area (Å²) in [6.45, 7) is 2.87. The number of aliphatic hydroxyl groups is 1. The van der Waals surface area contributed by atoms with Crippen LogP contribution in [0.3, 0.4) is 0 Å². The van der Waals surface area contributed by atoms with Gasteiger partial charge in [0, 0.05) is 29.5 Å². The third-order valence-corrected chi connectivity index (χ3v) is 6.97. The molecule has 4 aliphatic heterocycles. The van der Waals surface area contributed by atoms with E-state index in [4.69, 9.17) is 4.74 Å². The van der Waals surface area contributed by atoms with Gasteiger partial charge in [-0.25, -0.2) is 0 Å². The van der Waals surface area contributed by atoms with Crippen LogP contribution in [0, 0.1) is 5.41 Å². The number of aliphatic hydroxyl groups excluding tert-OH is 1. The molecule has 5 atom stereocenters. The van der Waals surface area contributed by atoms with E-state index in [1.54, 1.807) is 0 Å². The van der Waals surface area contributed by atoms with E-state index in [0.29, 0.717) is 6.54 Å². The van der Waals surface area contributed by atoms with Crippen LogP contribution < -0.4 is 0 Å². The molecule has 0 spiro atoms. The first-order valence-electron chi connectivity index (χ1n) is 8.93. The molecule has 2 saturated heterocycles. The summed E-state index contributed by atoms with van der Waals surface area (Å²) in [6.07, 6.45) is 1.18. The molecule has 1 N–H and O–H groups in total. The third-order valence-electron chi connectivity index (χ3n) is 6.97. The molecular formula is C19H20N2O3. The van der Waals surface area contributed by atoms with E-state index in [9.17, 15) is 9.90 Å². The lowest BCUT2D eigenvalue weighted by Crippen LogP contribution is -2.63. The van der Waals surface area contributed by atoms with Crippen LogP contribution in [0.4, 0.5) is 0 Å².